The monoisotopic (exact) mass is 254 g/mol. The van der Waals surface area contributed by atoms with Crippen LogP contribution in [0, 0.1) is 0 Å². The molecule has 0 aliphatic carbocycles. The fourth-order valence-electron chi connectivity index (χ4n) is 2.07. The molecule has 0 N–H and O–H groups in total. The Balaban J connectivity index is 2.08. The lowest BCUT2D eigenvalue weighted by Gasteiger charge is -2.21. The van der Waals surface area contributed by atoms with Crippen molar-refractivity contribution in [3.8, 4) is 0 Å². The molecule has 98 valence electrons. The largest absolute Gasteiger partial charge is 0.374 e. The number of benzene rings is 1. The Labute approximate surface area is 113 Å². The number of para-hydroxylation sites is 1. The fraction of sp³-hybridized carbons (Fsp3) is 0.250. The molecular formula is C16H18N2O. The quantitative estimate of drug-likeness (QED) is 0.769. The van der Waals surface area contributed by atoms with Gasteiger partial charge in [-0.25, -0.2) is 0 Å². The Morgan fingerprint density at radius 3 is 2.53 bits per heavy atom. The molecule has 1 heterocycles. The number of rotatable bonds is 5. The molecule has 2 aromatic rings. The van der Waals surface area contributed by atoms with Crippen molar-refractivity contribution in [3.05, 3.63) is 59.9 Å². The molecule has 0 spiro atoms. The Kier molecular flexibility index (Phi) is 4.29. The van der Waals surface area contributed by atoms with Crippen LogP contribution in [0.2, 0.25) is 0 Å². The molecule has 0 aliphatic heterocycles. The average molecular weight is 254 g/mol. The highest BCUT2D eigenvalue weighted by Gasteiger charge is 2.10. The van der Waals surface area contributed by atoms with Gasteiger partial charge in [0.15, 0.2) is 5.78 Å². The van der Waals surface area contributed by atoms with Gasteiger partial charge in [0.25, 0.3) is 0 Å². The van der Waals surface area contributed by atoms with E-state index in [4.69, 9.17) is 0 Å². The maximum Gasteiger partial charge on any atom is 0.161 e. The molecule has 0 aliphatic rings. The first-order chi connectivity index (χ1) is 9.18. The van der Waals surface area contributed by atoms with Crippen molar-refractivity contribution in [1.29, 1.82) is 0 Å². The van der Waals surface area contributed by atoms with E-state index in [9.17, 15) is 4.79 Å². The van der Waals surface area contributed by atoms with E-state index in [1.54, 1.807) is 19.3 Å². The second kappa shape index (κ2) is 6.14. The number of carbonyl (C=O) groups is 1. The van der Waals surface area contributed by atoms with Gasteiger partial charge in [0.1, 0.15) is 0 Å². The zero-order valence-corrected chi connectivity index (χ0v) is 11.3. The van der Waals surface area contributed by atoms with E-state index in [-0.39, 0.29) is 5.78 Å². The Morgan fingerprint density at radius 2 is 1.84 bits per heavy atom. The van der Waals surface area contributed by atoms with Gasteiger partial charge in [-0.05, 0) is 43.2 Å². The normalized spacial score (nSPS) is 10.2. The maximum atomic E-state index is 11.6. The molecule has 0 saturated heterocycles. The number of anilines is 1. The van der Waals surface area contributed by atoms with Crippen LogP contribution < -0.4 is 4.90 Å². The van der Waals surface area contributed by atoms with Gasteiger partial charge in [0, 0.05) is 37.2 Å². The number of ketones is 1. The maximum absolute atomic E-state index is 11.6. The summed E-state index contributed by atoms with van der Waals surface area (Å²) in [7, 11) is 2.02. The van der Waals surface area contributed by atoms with Gasteiger partial charge in [-0.1, -0.05) is 12.1 Å². The predicted molar refractivity (Wildman–Crippen MR) is 77.7 cm³/mol. The summed E-state index contributed by atoms with van der Waals surface area (Å²) in [6.07, 6.45) is 4.54. The minimum atomic E-state index is 0.103. The fourth-order valence-corrected chi connectivity index (χ4v) is 2.07. The minimum Gasteiger partial charge on any atom is -0.374 e. The molecule has 2 rings (SSSR count). The lowest BCUT2D eigenvalue weighted by Crippen LogP contribution is -2.22. The molecule has 0 bridgehead atoms. The molecular weight excluding hydrogens is 236 g/mol. The summed E-state index contributed by atoms with van der Waals surface area (Å²) in [6, 6.07) is 11.8. The smallest absolute Gasteiger partial charge is 0.161 e. The first kappa shape index (κ1) is 13.3. The van der Waals surface area contributed by atoms with Crippen molar-refractivity contribution in [2.45, 2.75) is 13.3 Å². The van der Waals surface area contributed by atoms with Gasteiger partial charge in [0.2, 0.25) is 0 Å². The van der Waals surface area contributed by atoms with Crippen molar-refractivity contribution in [3.63, 3.8) is 0 Å². The summed E-state index contributed by atoms with van der Waals surface area (Å²) >= 11 is 0. The summed E-state index contributed by atoms with van der Waals surface area (Å²) < 4.78 is 0. The minimum absolute atomic E-state index is 0.103. The van der Waals surface area contributed by atoms with E-state index in [0.717, 1.165) is 24.2 Å². The van der Waals surface area contributed by atoms with Crippen molar-refractivity contribution >= 4 is 11.5 Å². The standard InChI is InChI=1S/C16H18N2O/c1-13(19)15-5-3-4-6-16(15)18(2)12-9-14-7-10-17-11-8-14/h3-8,10-11H,9,12H2,1-2H3. The summed E-state index contributed by atoms with van der Waals surface area (Å²) in [5, 5.41) is 0. The molecule has 19 heavy (non-hydrogen) atoms. The summed E-state index contributed by atoms with van der Waals surface area (Å²) in [4.78, 5) is 17.7. The predicted octanol–water partition coefficient (Wildman–Crippen LogP) is 2.96. The molecule has 0 atom stereocenters. The molecule has 3 heteroatoms. The van der Waals surface area contributed by atoms with E-state index in [0.29, 0.717) is 0 Å². The molecule has 1 aromatic carbocycles. The van der Waals surface area contributed by atoms with Gasteiger partial charge in [-0.2, -0.15) is 0 Å². The van der Waals surface area contributed by atoms with Crippen molar-refractivity contribution < 1.29 is 4.79 Å². The van der Waals surface area contributed by atoms with Crippen molar-refractivity contribution in [2.24, 2.45) is 0 Å². The van der Waals surface area contributed by atoms with Crippen LogP contribution in [0.3, 0.4) is 0 Å². The third kappa shape index (κ3) is 3.41. The number of carbonyl (C=O) groups excluding carboxylic acids is 1. The molecule has 3 nitrogen and oxygen atoms in total. The van der Waals surface area contributed by atoms with Gasteiger partial charge < -0.3 is 4.90 Å². The van der Waals surface area contributed by atoms with Crippen LogP contribution in [0.15, 0.2) is 48.8 Å². The van der Waals surface area contributed by atoms with E-state index < -0.39 is 0 Å². The number of hydrogen-bond acceptors (Lipinski definition) is 3. The third-order valence-electron chi connectivity index (χ3n) is 3.18. The first-order valence-corrected chi connectivity index (χ1v) is 6.38. The number of Topliss-reactive ketones (excluding diaryl/α,β-unsaturated/α-hetero) is 1. The van der Waals surface area contributed by atoms with Crippen molar-refractivity contribution in [2.75, 3.05) is 18.5 Å². The molecule has 0 unspecified atom stereocenters. The second-order valence-corrected chi connectivity index (χ2v) is 4.60. The molecule has 0 saturated carbocycles. The van der Waals surface area contributed by atoms with Crippen LogP contribution in [0.4, 0.5) is 5.69 Å². The highest BCUT2D eigenvalue weighted by molar-refractivity contribution is 5.99. The summed E-state index contributed by atoms with van der Waals surface area (Å²) in [5.41, 5.74) is 3.02. The van der Waals surface area contributed by atoms with E-state index in [1.165, 1.54) is 5.56 Å². The zero-order chi connectivity index (χ0) is 13.7. The SMILES string of the molecule is CC(=O)c1ccccc1N(C)CCc1ccncc1. The average Bonchev–Trinajstić information content (AvgIpc) is 2.46. The first-order valence-electron chi connectivity index (χ1n) is 6.38. The van der Waals surface area contributed by atoms with Crippen LogP contribution in [-0.4, -0.2) is 24.4 Å². The Bertz CT molecular complexity index is 552. The van der Waals surface area contributed by atoms with Crippen LogP contribution in [0.25, 0.3) is 0 Å². The highest BCUT2D eigenvalue weighted by Crippen LogP contribution is 2.19. The zero-order valence-electron chi connectivity index (χ0n) is 11.3. The second-order valence-electron chi connectivity index (χ2n) is 4.60. The van der Waals surface area contributed by atoms with Gasteiger partial charge in [-0.15, -0.1) is 0 Å². The highest BCUT2D eigenvalue weighted by atomic mass is 16.1. The number of aromatic nitrogens is 1. The summed E-state index contributed by atoms with van der Waals surface area (Å²) in [6.45, 7) is 2.48. The number of hydrogen-bond donors (Lipinski definition) is 0. The van der Waals surface area contributed by atoms with Crippen molar-refractivity contribution in [1.82, 2.24) is 4.98 Å². The Hall–Kier alpha value is -2.16. The third-order valence-corrected chi connectivity index (χ3v) is 3.18. The molecule has 0 radical (unpaired) electrons. The van der Waals surface area contributed by atoms with E-state index in [1.807, 2.05) is 43.4 Å². The van der Waals surface area contributed by atoms with Gasteiger partial charge in [-0.3, -0.25) is 9.78 Å². The van der Waals surface area contributed by atoms with Crippen LogP contribution in [-0.2, 0) is 6.42 Å². The topological polar surface area (TPSA) is 33.2 Å². The lowest BCUT2D eigenvalue weighted by atomic mass is 10.1. The number of pyridine rings is 1. The number of nitrogens with zero attached hydrogens (tertiary/aromatic N) is 2. The lowest BCUT2D eigenvalue weighted by molar-refractivity contribution is 0.101. The van der Waals surface area contributed by atoms with Crippen LogP contribution in [0.1, 0.15) is 22.8 Å². The summed E-state index contributed by atoms with van der Waals surface area (Å²) in [5.74, 6) is 0.103. The number of likely N-dealkylation sites (N-methyl/N-ethyl adjacent to an activating group) is 1. The van der Waals surface area contributed by atoms with E-state index in [2.05, 4.69) is 9.88 Å². The molecule has 0 fully saturated rings. The van der Waals surface area contributed by atoms with Crippen LogP contribution in [0.5, 0.6) is 0 Å². The Morgan fingerprint density at radius 1 is 1.16 bits per heavy atom. The van der Waals surface area contributed by atoms with Gasteiger partial charge in [0.05, 0.1) is 0 Å². The molecule has 0 amide bonds. The van der Waals surface area contributed by atoms with E-state index >= 15 is 0 Å². The van der Waals surface area contributed by atoms with Crippen LogP contribution >= 0.6 is 0 Å². The van der Waals surface area contributed by atoms with Gasteiger partial charge >= 0.3 is 0 Å². The molecule has 1 aromatic heterocycles.